The first-order valence-corrected chi connectivity index (χ1v) is 10.9. The third-order valence-electron chi connectivity index (χ3n) is 3.48. The third-order valence-corrected chi connectivity index (χ3v) is 6.43. The predicted molar refractivity (Wildman–Crippen MR) is 103 cm³/mol. The summed E-state index contributed by atoms with van der Waals surface area (Å²) in [5.41, 5.74) is 0.102. The molecule has 3 aromatic rings. The van der Waals surface area contributed by atoms with Crippen LogP contribution in [0, 0.1) is 0 Å². The van der Waals surface area contributed by atoms with Gasteiger partial charge in [-0.1, -0.05) is 48.0 Å². The van der Waals surface area contributed by atoms with Gasteiger partial charge in [0.15, 0.2) is 0 Å². The SMILES string of the molecule is O=S(=O)(Nc1ccc(OS(=O)(=O)c2ccccc2)cc1Cl)c1ccccc1. The molecule has 0 spiro atoms. The first-order chi connectivity index (χ1) is 12.8. The van der Waals surface area contributed by atoms with E-state index in [1.807, 2.05) is 0 Å². The zero-order valence-corrected chi connectivity index (χ0v) is 16.1. The van der Waals surface area contributed by atoms with Gasteiger partial charge >= 0.3 is 10.1 Å². The Morgan fingerprint density at radius 3 is 1.85 bits per heavy atom. The van der Waals surface area contributed by atoms with E-state index in [2.05, 4.69) is 4.72 Å². The van der Waals surface area contributed by atoms with Crippen molar-refractivity contribution >= 4 is 37.4 Å². The van der Waals surface area contributed by atoms with Gasteiger partial charge in [-0.15, -0.1) is 0 Å². The molecule has 0 saturated carbocycles. The van der Waals surface area contributed by atoms with Crippen LogP contribution in [0.2, 0.25) is 5.02 Å². The highest BCUT2D eigenvalue weighted by Gasteiger charge is 2.19. The molecule has 0 unspecified atom stereocenters. The van der Waals surface area contributed by atoms with Crippen LogP contribution < -0.4 is 8.91 Å². The quantitative estimate of drug-likeness (QED) is 0.607. The molecule has 0 fully saturated rings. The van der Waals surface area contributed by atoms with Crippen LogP contribution in [0.15, 0.2) is 88.7 Å². The van der Waals surface area contributed by atoms with Crippen LogP contribution in [0.5, 0.6) is 5.75 Å². The van der Waals surface area contributed by atoms with Crippen LogP contribution in [0.1, 0.15) is 0 Å². The number of hydrogen-bond donors (Lipinski definition) is 1. The Balaban J connectivity index is 1.82. The van der Waals surface area contributed by atoms with Crippen molar-refractivity contribution < 1.29 is 21.0 Å². The number of rotatable bonds is 6. The summed E-state index contributed by atoms with van der Waals surface area (Å²) in [4.78, 5) is 0.0722. The van der Waals surface area contributed by atoms with E-state index in [4.69, 9.17) is 15.8 Å². The van der Waals surface area contributed by atoms with Crippen molar-refractivity contribution in [1.29, 1.82) is 0 Å². The van der Waals surface area contributed by atoms with Crippen LogP contribution in [0.25, 0.3) is 0 Å². The van der Waals surface area contributed by atoms with E-state index in [0.29, 0.717) is 0 Å². The predicted octanol–water partition coefficient (Wildman–Crippen LogP) is 3.91. The molecule has 3 aromatic carbocycles. The zero-order valence-electron chi connectivity index (χ0n) is 13.7. The number of benzene rings is 3. The van der Waals surface area contributed by atoms with Gasteiger partial charge < -0.3 is 4.18 Å². The van der Waals surface area contributed by atoms with Crippen molar-refractivity contribution in [3.63, 3.8) is 0 Å². The van der Waals surface area contributed by atoms with Crippen molar-refractivity contribution in [2.24, 2.45) is 0 Å². The minimum atomic E-state index is -4.02. The van der Waals surface area contributed by atoms with E-state index < -0.39 is 20.1 Å². The van der Waals surface area contributed by atoms with E-state index in [9.17, 15) is 16.8 Å². The minimum absolute atomic E-state index is 0.00438. The Labute approximate surface area is 162 Å². The second-order valence-corrected chi connectivity index (χ2v) is 9.05. The van der Waals surface area contributed by atoms with E-state index in [1.165, 1.54) is 42.5 Å². The number of nitrogens with one attached hydrogen (secondary N) is 1. The molecule has 0 heterocycles. The molecule has 0 amide bonds. The van der Waals surface area contributed by atoms with E-state index >= 15 is 0 Å². The maximum absolute atomic E-state index is 12.4. The summed E-state index contributed by atoms with van der Waals surface area (Å²) in [6, 6.07) is 19.3. The highest BCUT2D eigenvalue weighted by atomic mass is 35.5. The van der Waals surface area contributed by atoms with Crippen molar-refractivity contribution in [3.8, 4) is 5.75 Å². The summed E-state index contributed by atoms with van der Waals surface area (Å²) >= 11 is 6.10. The Morgan fingerprint density at radius 2 is 1.30 bits per heavy atom. The molecule has 6 nitrogen and oxygen atoms in total. The molecule has 9 heteroatoms. The molecule has 0 radical (unpaired) electrons. The highest BCUT2D eigenvalue weighted by Crippen LogP contribution is 2.30. The number of anilines is 1. The summed E-state index contributed by atoms with van der Waals surface area (Å²) in [5.74, 6) is -0.0356. The topological polar surface area (TPSA) is 89.5 Å². The van der Waals surface area contributed by atoms with Gasteiger partial charge in [-0.25, -0.2) is 8.42 Å². The summed E-state index contributed by atoms with van der Waals surface area (Å²) in [6.07, 6.45) is 0. The smallest absolute Gasteiger partial charge is 0.339 e. The second-order valence-electron chi connectivity index (χ2n) is 5.41. The van der Waals surface area contributed by atoms with Crippen molar-refractivity contribution in [2.75, 3.05) is 4.72 Å². The molecule has 140 valence electrons. The fourth-order valence-corrected chi connectivity index (χ4v) is 4.51. The molecule has 0 aliphatic rings. The minimum Gasteiger partial charge on any atom is -0.379 e. The van der Waals surface area contributed by atoms with Crippen molar-refractivity contribution in [3.05, 3.63) is 83.9 Å². The fraction of sp³-hybridized carbons (Fsp3) is 0. The Hall–Kier alpha value is -2.55. The molecule has 0 bridgehead atoms. The van der Waals surface area contributed by atoms with E-state index in [0.717, 1.165) is 0 Å². The highest BCUT2D eigenvalue weighted by molar-refractivity contribution is 7.92. The monoisotopic (exact) mass is 423 g/mol. The summed E-state index contributed by atoms with van der Waals surface area (Å²) in [6.45, 7) is 0. The standard InChI is InChI=1S/C18H14ClNO5S2/c19-17-13-14(25-27(23,24)16-9-5-2-6-10-16)11-12-18(17)20-26(21,22)15-7-3-1-4-8-15/h1-13,20H. The number of hydrogen-bond acceptors (Lipinski definition) is 5. The maximum atomic E-state index is 12.4. The van der Waals surface area contributed by atoms with E-state index in [-0.39, 0.29) is 26.3 Å². The van der Waals surface area contributed by atoms with Crippen LogP contribution in [-0.4, -0.2) is 16.8 Å². The van der Waals surface area contributed by atoms with Gasteiger partial charge in [-0.2, -0.15) is 8.42 Å². The molecule has 0 saturated heterocycles. The molecule has 3 rings (SSSR count). The summed E-state index contributed by atoms with van der Waals surface area (Å²) in [5, 5.41) is -0.00438. The lowest BCUT2D eigenvalue weighted by Crippen LogP contribution is -2.13. The average Bonchev–Trinajstić information content (AvgIpc) is 2.65. The van der Waals surface area contributed by atoms with Gasteiger partial charge in [0.2, 0.25) is 0 Å². The number of sulfonamides is 1. The molecule has 0 aliphatic heterocycles. The Morgan fingerprint density at radius 1 is 0.741 bits per heavy atom. The van der Waals surface area contributed by atoms with Gasteiger partial charge in [0.1, 0.15) is 10.6 Å². The first kappa shape index (κ1) is 19.2. The third kappa shape index (κ3) is 4.60. The van der Waals surface area contributed by atoms with Gasteiger partial charge in [-0.3, -0.25) is 4.72 Å². The first-order valence-electron chi connectivity index (χ1n) is 7.65. The molecule has 1 N–H and O–H groups in total. The van der Waals surface area contributed by atoms with Crippen LogP contribution in [-0.2, 0) is 20.1 Å². The summed E-state index contributed by atoms with van der Waals surface area (Å²) < 4.78 is 56.6. The zero-order chi connectivity index (χ0) is 19.5. The molecule has 0 atom stereocenters. The average molecular weight is 424 g/mol. The molecule has 27 heavy (non-hydrogen) atoms. The Kier molecular flexibility index (Phi) is 5.41. The van der Waals surface area contributed by atoms with Gasteiger partial charge in [0.25, 0.3) is 10.0 Å². The second kappa shape index (κ2) is 7.59. The van der Waals surface area contributed by atoms with E-state index in [1.54, 1.807) is 36.4 Å². The number of halogens is 1. The largest absolute Gasteiger partial charge is 0.379 e. The van der Waals surface area contributed by atoms with Gasteiger partial charge in [-0.05, 0) is 36.4 Å². The lowest BCUT2D eigenvalue weighted by Gasteiger charge is -2.12. The lowest BCUT2D eigenvalue weighted by molar-refractivity contribution is 0.486. The van der Waals surface area contributed by atoms with Crippen LogP contribution in [0.3, 0.4) is 0 Å². The normalized spacial score (nSPS) is 11.7. The van der Waals surface area contributed by atoms with Crippen LogP contribution in [0.4, 0.5) is 5.69 Å². The van der Waals surface area contributed by atoms with Crippen molar-refractivity contribution in [1.82, 2.24) is 0 Å². The van der Waals surface area contributed by atoms with Gasteiger partial charge in [0.05, 0.1) is 15.6 Å². The van der Waals surface area contributed by atoms with Crippen molar-refractivity contribution in [2.45, 2.75) is 9.79 Å². The maximum Gasteiger partial charge on any atom is 0.339 e. The van der Waals surface area contributed by atoms with Crippen LogP contribution >= 0.6 is 11.6 Å². The lowest BCUT2D eigenvalue weighted by atomic mass is 10.3. The van der Waals surface area contributed by atoms with Gasteiger partial charge in [0, 0.05) is 6.07 Å². The molecular weight excluding hydrogens is 410 g/mol. The Bertz CT molecular complexity index is 1150. The molecule has 0 aliphatic carbocycles. The molecule has 0 aromatic heterocycles. The summed E-state index contributed by atoms with van der Waals surface area (Å²) in [7, 11) is -7.84. The fourth-order valence-electron chi connectivity index (χ4n) is 2.20. The molecular formula is C18H14ClNO5S2.